The summed E-state index contributed by atoms with van der Waals surface area (Å²) < 4.78 is 5.87. The number of para-hydroxylation sites is 2. The first-order valence-corrected chi connectivity index (χ1v) is 9.02. The number of fused-ring (bicyclic) bond motifs is 1. The summed E-state index contributed by atoms with van der Waals surface area (Å²) in [5.41, 5.74) is 5.01. The summed E-state index contributed by atoms with van der Waals surface area (Å²) >= 11 is 0. The average Bonchev–Trinajstić information content (AvgIpc) is 3.16. The molecule has 0 fully saturated rings. The van der Waals surface area contributed by atoms with Crippen molar-refractivity contribution in [2.24, 2.45) is 4.99 Å². The van der Waals surface area contributed by atoms with Crippen LogP contribution < -0.4 is 0 Å². The molecule has 142 valence electrons. The van der Waals surface area contributed by atoms with Gasteiger partial charge >= 0.3 is 0 Å². The maximum Gasteiger partial charge on any atom is 0.270 e. The Bertz CT molecular complexity index is 1220. The molecule has 0 saturated carbocycles. The van der Waals surface area contributed by atoms with Gasteiger partial charge in [-0.1, -0.05) is 36.4 Å². The number of allylic oxidation sites excluding steroid dienone is 1. The Kier molecular flexibility index (Phi) is 4.99. The van der Waals surface area contributed by atoms with Crippen LogP contribution in [0.25, 0.3) is 28.6 Å². The number of rotatable bonds is 5. The topological polar surface area (TPSA) is 81.5 Å². The SMILES string of the molecule is Cc1c(N=C/C=C/c2cccc([N+](=O)[O-])c2)cccc1-c1nc2ccccc2o1. The number of oxazole rings is 1. The largest absolute Gasteiger partial charge is 0.436 e. The van der Waals surface area contributed by atoms with Gasteiger partial charge in [0.05, 0.1) is 10.6 Å². The molecule has 0 bridgehead atoms. The fraction of sp³-hybridized carbons (Fsp3) is 0.0435. The van der Waals surface area contributed by atoms with Gasteiger partial charge in [-0.05, 0) is 48.4 Å². The van der Waals surface area contributed by atoms with E-state index in [1.54, 1.807) is 30.5 Å². The number of hydrogen-bond acceptors (Lipinski definition) is 5. The van der Waals surface area contributed by atoms with Gasteiger partial charge in [0.25, 0.3) is 5.69 Å². The molecule has 1 heterocycles. The zero-order chi connectivity index (χ0) is 20.2. The molecule has 0 saturated heterocycles. The van der Waals surface area contributed by atoms with Gasteiger partial charge in [-0.25, -0.2) is 4.98 Å². The molecular formula is C23H17N3O3. The van der Waals surface area contributed by atoms with Crippen molar-refractivity contribution >= 4 is 34.8 Å². The molecule has 0 amide bonds. The van der Waals surface area contributed by atoms with E-state index in [4.69, 9.17) is 4.42 Å². The highest BCUT2D eigenvalue weighted by Crippen LogP contribution is 2.31. The number of benzene rings is 3. The molecule has 6 heteroatoms. The highest BCUT2D eigenvalue weighted by atomic mass is 16.6. The second-order valence-corrected chi connectivity index (χ2v) is 6.43. The van der Waals surface area contributed by atoms with Crippen LogP contribution in [0.5, 0.6) is 0 Å². The standard InChI is InChI=1S/C23H17N3O3/c1-16-19(23-25-21-11-2-3-13-22(21)29-23)10-5-12-20(16)24-14-6-8-17-7-4-9-18(15-17)26(27)28/h2-15H,1H3/b8-6+,24-14?. The third-order valence-electron chi connectivity index (χ3n) is 4.50. The summed E-state index contributed by atoms with van der Waals surface area (Å²) in [5, 5.41) is 10.9. The van der Waals surface area contributed by atoms with Gasteiger partial charge in [0.2, 0.25) is 5.89 Å². The third-order valence-corrected chi connectivity index (χ3v) is 4.50. The van der Waals surface area contributed by atoms with E-state index < -0.39 is 4.92 Å². The van der Waals surface area contributed by atoms with E-state index >= 15 is 0 Å². The van der Waals surface area contributed by atoms with Crippen LogP contribution in [-0.4, -0.2) is 16.1 Å². The lowest BCUT2D eigenvalue weighted by molar-refractivity contribution is -0.384. The van der Waals surface area contributed by atoms with Crippen molar-refractivity contribution in [2.75, 3.05) is 0 Å². The monoisotopic (exact) mass is 383 g/mol. The van der Waals surface area contributed by atoms with Crippen LogP contribution in [0.4, 0.5) is 11.4 Å². The predicted octanol–water partition coefficient (Wildman–Crippen LogP) is 6.13. The molecule has 0 spiro atoms. The van der Waals surface area contributed by atoms with Gasteiger partial charge in [0.15, 0.2) is 5.58 Å². The van der Waals surface area contributed by atoms with Crippen LogP contribution in [0.2, 0.25) is 0 Å². The van der Waals surface area contributed by atoms with Crippen molar-refractivity contribution in [3.8, 4) is 11.5 Å². The van der Waals surface area contributed by atoms with Crippen LogP contribution in [0.15, 0.2) is 82.2 Å². The summed E-state index contributed by atoms with van der Waals surface area (Å²) in [5.74, 6) is 0.563. The molecule has 4 aromatic rings. The molecule has 0 atom stereocenters. The van der Waals surface area contributed by atoms with E-state index in [-0.39, 0.29) is 5.69 Å². The first-order chi connectivity index (χ1) is 14.1. The van der Waals surface area contributed by atoms with E-state index in [2.05, 4.69) is 9.98 Å². The summed E-state index contributed by atoms with van der Waals surface area (Å²) in [6.07, 6.45) is 5.19. The van der Waals surface area contributed by atoms with Crippen LogP contribution >= 0.6 is 0 Å². The minimum atomic E-state index is -0.410. The van der Waals surface area contributed by atoms with Crippen molar-refractivity contribution in [2.45, 2.75) is 6.92 Å². The number of nitro groups is 1. The highest BCUT2D eigenvalue weighted by molar-refractivity contribution is 5.83. The van der Waals surface area contributed by atoms with Gasteiger partial charge in [-0.2, -0.15) is 0 Å². The third kappa shape index (κ3) is 3.96. The molecule has 0 unspecified atom stereocenters. The number of non-ortho nitro benzene ring substituents is 1. The lowest BCUT2D eigenvalue weighted by atomic mass is 10.1. The van der Waals surface area contributed by atoms with Crippen molar-refractivity contribution in [1.82, 2.24) is 4.98 Å². The maximum absolute atomic E-state index is 10.9. The van der Waals surface area contributed by atoms with Gasteiger partial charge in [0.1, 0.15) is 5.52 Å². The van der Waals surface area contributed by atoms with Crippen LogP contribution in [0, 0.1) is 17.0 Å². The number of aliphatic imine (C=N–C) groups is 1. The normalized spacial score (nSPS) is 11.6. The minimum absolute atomic E-state index is 0.0611. The fourth-order valence-electron chi connectivity index (χ4n) is 3.00. The molecule has 4 rings (SSSR count). The van der Waals surface area contributed by atoms with E-state index in [9.17, 15) is 10.1 Å². The van der Waals surface area contributed by atoms with E-state index in [0.29, 0.717) is 5.89 Å². The van der Waals surface area contributed by atoms with Crippen molar-refractivity contribution < 1.29 is 9.34 Å². The van der Waals surface area contributed by atoms with Crippen molar-refractivity contribution in [3.05, 3.63) is 94.0 Å². The van der Waals surface area contributed by atoms with Crippen molar-refractivity contribution in [3.63, 3.8) is 0 Å². The van der Waals surface area contributed by atoms with E-state index in [1.807, 2.05) is 49.4 Å². The lowest BCUT2D eigenvalue weighted by Gasteiger charge is -2.04. The number of hydrogen-bond donors (Lipinski definition) is 0. The quantitative estimate of drug-likeness (QED) is 0.236. The fourth-order valence-corrected chi connectivity index (χ4v) is 3.00. The molecule has 29 heavy (non-hydrogen) atoms. The van der Waals surface area contributed by atoms with Crippen LogP contribution in [0.1, 0.15) is 11.1 Å². The average molecular weight is 383 g/mol. The molecule has 0 N–H and O–H groups in total. The summed E-state index contributed by atoms with van der Waals surface area (Å²) in [6.45, 7) is 1.97. The highest BCUT2D eigenvalue weighted by Gasteiger charge is 2.12. The molecule has 0 aliphatic rings. The van der Waals surface area contributed by atoms with Gasteiger partial charge in [-0.3, -0.25) is 15.1 Å². The second-order valence-electron chi connectivity index (χ2n) is 6.43. The summed E-state index contributed by atoms with van der Waals surface area (Å²) in [6, 6.07) is 19.9. The molecular weight excluding hydrogens is 366 g/mol. The smallest absolute Gasteiger partial charge is 0.270 e. The number of aromatic nitrogens is 1. The van der Waals surface area contributed by atoms with Gasteiger partial charge in [-0.15, -0.1) is 0 Å². The molecule has 6 nitrogen and oxygen atoms in total. The van der Waals surface area contributed by atoms with E-state index in [1.165, 1.54) is 12.1 Å². The Morgan fingerprint density at radius 2 is 1.90 bits per heavy atom. The Morgan fingerprint density at radius 3 is 2.72 bits per heavy atom. The molecule has 0 aliphatic heterocycles. The molecule has 1 aromatic heterocycles. The predicted molar refractivity (Wildman–Crippen MR) is 114 cm³/mol. The Hall–Kier alpha value is -4.06. The van der Waals surface area contributed by atoms with Crippen LogP contribution in [0.3, 0.4) is 0 Å². The summed E-state index contributed by atoms with van der Waals surface area (Å²) in [7, 11) is 0. The molecule has 0 radical (unpaired) electrons. The lowest BCUT2D eigenvalue weighted by Crippen LogP contribution is -1.87. The van der Waals surface area contributed by atoms with Crippen LogP contribution in [-0.2, 0) is 0 Å². The zero-order valence-electron chi connectivity index (χ0n) is 15.6. The first kappa shape index (κ1) is 18.3. The molecule has 0 aliphatic carbocycles. The summed E-state index contributed by atoms with van der Waals surface area (Å²) in [4.78, 5) is 19.5. The van der Waals surface area contributed by atoms with Gasteiger partial charge in [0, 0.05) is 23.9 Å². The Morgan fingerprint density at radius 1 is 1.07 bits per heavy atom. The zero-order valence-corrected chi connectivity index (χ0v) is 15.6. The molecule has 3 aromatic carbocycles. The first-order valence-electron chi connectivity index (χ1n) is 9.02. The van der Waals surface area contributed by atoms with E-state index in [0.717, 1.165) is 33.5 Å². The van der Waals surface area contributed by atoms with Gasteiger partial charge < -0.3 is 4.42 Å². The minimum Gasteiger partial charge on any atom is -0.436 e. The van der Waals surface area contributed by atoms with Crippen molar-refractivity contribution in [1.29, 1.82) is 0 Å². The number of nitro benzene ring substituents is 1. The second kappa shape index (κ2) is 7.90. The maximum atomic E-state index is 10.9. The number of nitrogens with zero attached hydrogens (tertiary/aromatic N) is 3. The Balaban J connectivity index is 1.57. The Labute approximate surface area is 167 Å².